The fraction of sp³-hybridized carbons (Fsp3) is 0.409. The first-order chi connectivity index (χ1) is 13.0. The molecule has 0 aliphatic carbocycles. The first kappa shape index (κ1) is 19.1. The number of carbonyl (C=O) groups is 1. The SMILES string of the molecule is Cc1ccc(C)c(OCCNC(=O)Nc2ccc(N3CCCC3)cc2)c1C. The third-order valence-corrected chi connectivity index (χ3v) is 5.10. The minimum absolute atomic E-state index is 0.217. The Morgan fingerprint density at radius 1 is 1.00 bits per heavy atom. The summed E-state index contributed by atoms with van der Waals surface area (Å²) in [6.07, 6.45) is 2.51. The van der Waals surface area contributed by atoms with Crippen molar-refractivity contribution < 1.29 is 9.53 Å². The van der Waals surface area contributed by atoms with Crippen LogP contribution in [0.15, 0.2) is 36.4 Å². The van der Waals surface area contributed by atoms with Crippen molar-refractivity contribution in [3.05, 3.63) is 53.1 Å². The predicted molar refractivity (Wildman–Crippen MR) is 111 cm³/mol. The van der Waals surface area contributed by atoms with Gasteiger partial charge in [0.25, 0.3) is 0 Å². The zero-order valence-electron chi connectivity index (χ0n) is 16.5. The standard InChI is InChI=1S/C22H29N3O2/c1-16-6-7-17(2)21(18(16)3)27-15-12-23-22(26)24-19-8-10-20(11-9-19)25-13-4-5-14-25/h6-11H,4-5,12-15H2,1-3H3,(H2,23,24,26). The Hall–Kier alpha value is -2.69. The van der Waals surface area contributed by atoms with E-state index >= 15 is 0 Å². The number of nitrogens with one attached hydrogen (secondary N) is 2. The molecule has 1 fully saturated rings. The smallest absolute Gasteiger partial charge is 0.319 e. The fourth-order valence-corrected chi connectivity index (χ4v) is 3.37. The molecule has 3 rings (SSSR count). The van der Waals surface area contributed by atoms with Gasteiger partial charge in [-0.05, 0) is 74.6 Å². The van der Waals surface area contributed by atoms with Crippen molar-refractivity contribution in [3.8, 4) is 5.75 Å². The highest BCUT2D eigenvalue weighted by atomic mass is 16.5. The average Bonchev–Trinajstić information content (AvgIpc) is 3.19. The highest BCUT2D eigenvalue weighted by Gasteiger charge is 2.12. The van der Waals surface area contributed by atoms with Crippen molar-refractivity contribution in [1.29, 1.82) is 0 Å². The summed E-state index contributed by atoms with van der Waals surface area (Å²) in [6.45, 7) is 9.29. The fourth-order valence-electron chi connectivity index (χ4n) is 3.37. The highest BCUT2D eigenvalue weighted by molar-refractivity contribution is 5.89. The number of rotatable bonds is 6. The van der Waals surface area contributed by atoms with Crippen LogP contribution in [0.1, 0.15) is 29.5 Å². The Labute approximate surface area is 161 Å². The molecule has 1 aliphatic rings. The van der Waals surface area contributed by atoms with E-state index in [-0.39, 0.29) is 6.03 Å². The van der Waals surface area contributed by atoms with Crippen LogP contribution in [0.4, 0.5) is 16.2 Å². The molecule has 0 bridgehead atoms. The molecule has 5 heteroatoms. The molecule has 2 aromatic carbocycles. The molecule has 1 heterocycles. The van der Waals surface area contributed by atoms with Gasteiger partial charge in [-0.1, -0.05) is 12.1 Å². The van der Waals surface area contributed by atoms with E-state index in [2.05, 4.69) is 53.6 Å². The molecular formula is C22H29N3O2. The van der Waals surface area contributed by atoms with Gasteiger partial charge in [0.1, 0.15) is 12.4 Å². The van der Waals surface area contributed by atoms with Crippen LogP contribution in [0, 0.1) is 20.8 Å². The second-order valence-corrected chi connectivity index (χ2v) is 7.12. The molecule has 27 heavy (non-hydrogen) atoms. The van der Waals surface area contributed by atoms with Gasteiger partial charge in [0, 0.05) is 24.5 Å². The van der Waals surface area contributed by atoms with Crippen LogP contribution < -0.4 is 20.3 Å². The molecule has 0 spiro atoms. The second-order valence-electron chi connectivity index (χ2n) is 7.12. The van der Waals surface area contributed by atoms with Crippen LogP contribution in [-0.4, -0.2) is 32.3 Å². The first-order valence-corrected chi connectivity index (χ1v) is 9.64. The van der Waals surface area contributed by atoms with Crippen molar-refractivity contribution in [1.82, 2.24) is 5.32 Å². The zero-order chi connectivity index (χ0) is 19.2. The Morgan fingerprint density at radius 2 is 1.67 bits per heavy atom. The van der Waals surface area contributed by atoms with Crippen molar-refractivity contribution >= 4 is 17.4 Å². The Bertz CT molecular complexity index is 781. The predicted octanol–water partition coefficient (Wildman–Crippen LogP) is 4.41. The van der Waals surface area contributed by atoms with Crippen LogP contribution in [0.2, 0.25) is 0 Å². The van der Waals surface area contributed by atoms with Crippen LogP contribution >= 0.6 is 0 Å². The topological polar surface area (TPSA) is 53.6 Å². The lowest BCUT2D eigenvalue weighted by atomic mass is 10.1. The van der Waals surface area contributed by atoms with Crippen LogP contribution in [0.3, 0.4) is 0 Å². The lowest BCUT2D eigenvalue weighted by Gasteiger charge is -2.18. The van der Waals surface area contributed by atoms with E-state index in [0.717, 1.165) is 35.7 Å². The number of nitrogens with zero attached hydrogens (tertiary/aromatic N) is 1. The number of anilines is 2. The highest BCUT2D eigenvalue weighted by Crippen LogP contribution is 2.25. The maximum Gasteiger partial charge on any atom is 0.319 e. The molecule has 2 N–H and O–H groups in total. The number of urea groups is 1. The summed E-state index contributed by atoms with van der Waals surface area (Å²) in [5, 5.41) is 5.71. The molecule has 2 amide bonds. The Balaban J connectivity index is 1.43. The van der Waals surface area contributed by atoms with Crippen molar-refractivity contribution in [3.63, 3.8) is 0 Å². The first-order valence-electron chi connectivity index (χ1n) is 9.64. The van der Waals surface area contributed by atoms with Gasteiger partial charge >= 0.3 is 6.03 Å². The van der Waals surface area contributed by atoms with Crippen LogP contribution in [0.25, 0.3) is 0 Å². The van der Waals surface area contributed by atoms with Crippen molar-refractivity contribution in [2.24, 2.45) is 0 Å². The number of hydrogen-bond acceptors (Lipinski definition) is 3. The molecule has 0 saturated carbocycles. The molecule has 0 unspecified atom stereocenters. The van der Waals surface area contributed by atoms with E-state index < -0.39 is 0 Å². The number of aryl methyl sites for hydroxylation is 2. The monoisotopic (exact) mass is 367 g/mol. The number of amides is 2. The normalized spacial score (nSPS) is 13.5. The summed E-state index contributed by atoms with van der Waals surface area (Å²) in [6, 6.07) is 12.0. The van der Waals surface area contributed by atoms with Crippen LogP contribution in [0.5, 0.6) is 5.75 Å². The number of ether oxygens (including phenoxy) is 1. The molecule has 0 aromatic heterocycles. The van der Waals surface area contributed by atoms with Gasteiger partial charge in [0.05, 0.1) is 6.54 Å². The van der Waals surface area contributed by atoms with Gasteiger partial charge in [-0.15, -0.1) is 0 Å². The third kappa shape index (κ3) is 4.94. The molecule has 0 radical (unpaired) electrons. The molecule has 144 valence electrons. The lowest BCUT2D eigenvalue weighted by molar-refractivity contribution is 0.247. The summed E-state index contributed by atoms with van der Waals surface area (Å²) >= 11 is 0. The van der Waals surface area contributed by atoms with E-state index in [1.807, 2.05) is 19.1 Å². The Kier molecular flexibility index (Phi) is 6.22. The lowest BCUT2D eigenvalue weighted by Crippen LogP contribution is -2.32. The summed E-state index contributed by atoms with van der Waals surface area (Å²) < 4.78 is 5.87. The minimum atomic E-state index is -0.217. The van der Waals surface area contributed by atoms with Gasteiger partial charge in [-0.25, -0.2) is 4.79 Å². The van der Waals surface area contributed by atoms with Gasteiger partial charge < -0.3 is 20.3 Å². The summed E-state index contributed by atoms with van der Waals surface area (Å²) in [4.78, 5) is 14.4. The van der Waals surface area contributed by atoms with Gasteiger partial charge in [0.2, 0.25) is 0 Å². The molecule has 1 saturated heterocycles. The van der Waals surface area contributed by atoms with Gasteiger partial charge in [-0.2, -0.15) is 0 Å². The van der Waals surface area contributed by atoms with Crippen molar-refractivity contribution in [2.45, 2.75) is 33.6 Å². The second kappa shape index (κ2) is 8.80. The zero-order valence-corrected chi connectivity index (χ0v) is 16.5. The minimum Gasteiger partial charge on any atom is -0.491 e. The van der Waals surface area contributed by atoms with Crippen LogP contribution in [-0.2, 0) is 0 Å². The van der Waals surface area contributed by atoms with E-state index in [1.54, 1.807) is 0 Å². The number of carbonyl (C=O) groups excluding carboxylic acids is 1. The molecule has 1 aliphatic heterocycles. The summed E-state index contributed by atoms with van der Waals surface area (Å²) in [5.74, 6) is 0.912. The van der Waals surface area contributed by atoms with E-state index in [4.69, 9.17) is 4.74 Å². The average molecular weight is 367 g/mol. The number of hydrogen-bond donors (Lipinski definition) is 2. The molecule has 0 atom stereocenters. The van der Waals surface area contributed by atoms with Gasteiger partial charge in [0.15, 0.2) is 0 Å². The van der Waals surface area contributed by atoms with E-state index in [9.17, 15) is 4.79 Å². The largest absolute Gasteiger partial charge is 0.491 e. The van der Waals surface area contributed by atoms with E-state index in [1.165, 1.54) is 24.1 Å². The van der Waals surface area contributed by atoms with Crippen molar-refractivity contribution in [2.75, 3.05) is 36.5 Å². The quantitative estimate of drug-likeness (QED) is 0.744. The number of benzene rings is 2. The molecule has 5 nitrogen and oxygen atoms in total. The molecular weight excluding hydrogens is 338 g/mol. The maximum absolute atomic E-state index is 12.1. The summed E-state index contributed by atoms with van der Waals surface area (Å²) in [5.41, 5.74) is 5.48. The van der Waals surface area contributed by atoms with E-state index in [0.29, 0.717) is 13.2 Å². The maximum atomic E-state index is 12.1. The third-order valence-electron chi connectivity index (χ3n) is 5.10. The molecule has 2 aromatic rings. The van der Waals surface area contributed by atoms with Gasteiger partial charge in [-0.3, -0.25) is 0 Å². The summed E-state index contributed by atoms with van der Waals surface area (Å²) in [7, 11) is 0. The Morgan fingerprint density at radius 3 is 2.37 bits per heavy atom.